The van der Waals surface area contributed by atoms with Gasteiger partial charge in [0.2, 0.25) is 15.9 Å². The van der Waals surface area contributed by atoms with Crippen molar-refractivity contribution >= 4 is 33.2 Å². The second kappa shape index (κ2) is 8.34. The Labute approximate surface area is 186 Å². The van der Waals surface area contributed by atoms with Crippen LogP contribution in [0.25, 0.3) is 0 Å². The maximum atomic E-state index is 12.7. The molecule has 4 rings (SSSR count). The van der Waals surface area contributed by atoms with Crippen molar-refractivity contribution in [1.82, 2.24) is 0 Å². The molecule has 0 aromatic heterocycles. The molecule has 1 atom stereocenters. The molecule has 1 heterocycles. The Bertz CT molecular complexity index is 1240. The summed E-state index contributed by atoms with van der Waals surface area (Å²) in [4.78, 5) is 14.4. The minimum absolute atomic E-state index is 0.00562. The lowest BCUT2D eigenvalue weighted by Gasteiger charge is -2.19. The number of benzene rings is 3. The maximum Gasteiger partial charge on any atom is 0.238 e. The van der Waals surface area contributed by atoms with Crippen molar-refractivity contribution in [2.45, 2.75) is 24.2 Å². The molecule has 3 aromatic rings. The molecule has 1 aliphatic heterocycles. The number of nitrogens with two attached hydrogens (primary N) is 1. The van der Waals surface area contributed by atoms with Crippen LogP contribution in [-0.4, -0.2) is 20.9 Å². The van der Waals surface area contributed by atoms with E-state index in [1.807, 2.05) is 37.3 Å². The molecule has 31 heavy (non-hydrogen) atoms. The first kappa shape index (κ1) is 21.4. The smallest absolute Gasteiger partial charge is 0.238 e. The van der Waals surface area contributed by atoms with Gasteiger partial charge in [0.05, 0.1) is 4.90 Å². The van der Waals surface area contributed by atoms with Gasteiger partial charge in [0.1, 0.15) is 11.5 Å². The zero-order valence-corrected chi connectivity index (χ0v) is 18.4. The van der Waals surface area contributed by atoms with Crippen LogP contribution in [0.1, 0.15) is 23.5 Å². The van der Waals surface area contributed by atoms with Crippen molar-refractivity contribution in [3.8, 4) is 11.5 Å². The zero-order chi connectivity index (χ0) is 22.2. The molecule has 0 radical (unpaired) electrons. The summed E-state index contributed by atoms with van der Waals surface area (Å²) in [5.41, 5.74) is 2.51. The highest BCUT2D eigenvalue weighted by atomic mass is 35.5. The van der Waals surface area contributed by atoms with Gasteiger partial charge in [0.25, 0.3) is 0 Å². The van der Waals surface area contributed by atoms with E-state index >= 15 is 0 Å². The number of hydrogen-bond donors (Lipinski definition) is 1. The number of carbonyl (C=O) groups is 1. The fourth-order valence-electron chi connectivity index (χ4n) is 3.70. The van der Waals surface area contributed by atoms with E-state index in [4.69, 9.17) is 21.5 Å². The molecule has 1 aliphatic rings. The third kappa shape index (κ3) is 4.58. The number of ether oxygens (including phenoxy) is 1. The summed E-state index contributed by atoms with van der Waals surface area (Å²) in [7, 11) is -3.79. The monoisotopic (exact) mass is 456 g/mol. The van der Waals surface area contributed by atoms with Gasteiger partial charge < -0.3 is 9.64 Å². The quantitative estimate of drug-likeness (QED) is 0.607. The summed E-state index contributed by atoms with van der Waals surface area (Å²) >= 11 is 6.22. The molecule has 1 fully saturated rings. The first-order chi connectivity index (χ1) is 14.7. The second-order valence-corrected chi connectivity index (χ2v) is 9.49. The number of amides is 1. The SMILES string of the molecule is Cc1ccccc1Oc1cc(Cl)ccc1[C@H]1CC(=O)N(c2ccc(S(N)(=O)=O)cc2)C1. The predicted molar refractivity (Wildman–Crippen MR) is 120 cm³/mol. The van der Waals surface area contributed by atoms with Crippen molar-refractivity contribution < 1.29 is 17.9 Å². The third-order valence-corrected chi connectivity index (χ3v) is 6.50. The van der Waals surface area contributed by atoms with E-state index in [0.717, 1.165) is 16.9 Å². The molecule has 0 aliphatic carbocycles. The number of halogens is 1. The van der Waals surface area contributed by atoms with E-state index in [0.29, 0.717) is 29.4 Å². The number of aryl methyl sites for hydroxylation is 1. The lowest BCUT2D eigenvalue weighted by molar-refractivity contribution is -0.117. The number of nitrogens with zero attached hydrogens (tertiary/aromatic N) is 1. The highest BCUT2D eigenvalue weighted by Crippen LogP contribution is 2.39. The Balaban J connectivity index is 1.61. The van der Waals surface area contributed by atoms with Gasteiger partial charge in [-0.15, -0.1) is 0 Å². The Morgan fingerprint density at radius 3 is 2.42 bits per heavy atom. The van der Waals surface area contributed by atoms with E-state index in [1.54, 1.807) is 29.2 Å². The number of sulfonamides is 1. The molecular formula is C23H21ClN2O4S. The summed E-state index contributed by atoms with van der Waals surface area (Å²) < 4.78 is 29.1. The van der Waals surface area contributed by atoms with E-state index in [1.165, 1.54) is 12.1 Å². The van der Waals surface area contributed by atoms with Crippen molar-refractivity contribution in [2.75, 3.05) is 11.4 Å². The number of para-hydroxylation sites is 1. The number of anilines is 1. The zero-order valence-electron chi connectivity index (χ0n) is 16.8. The summed E-state index contributed by atoms with van der Waals surface area (Å²) in [6.45, 7) is 2.41. The second-order valence-electron chi connectivity index (χ2n) is 7.49. The molecule has 0 bridgehead atoms. The van der Waals surface area contributed by atoms with Crippen molar-refractivity contribution in [3.63, 3.8) is 0 Å². The van der Waals surface area contributed by atoms with Gasteiger partial charge in [0.15, 0.2) is 0 Å². The molecule has 6 nitrogen and oxygen atoms in total. The Hall–Kier alpha value is -2.87. The minimum atomic E-state index is -3.79. The summed E-state index contributed by atoms with van der Waals surface area (Å²) in [5.74, 6) is 1.20. The molecule has 1 amide bonds. The van der Waals surface area contributed by atoms with Gasteiger partial charge in [-0.1, -0.05) is 35.9 Å². The highest BCUT2D eigenvalue weighted by molar-refractivity contribution is 7.89. The number of hydrogen-bond acceptors (Lipinski definition) is 4. The van der Waals surface area contributed by atoms with Gasteiger partial charge in [0, 0.05) is 35.2 Å². The normalized spacial score (nSPS) is 16.5. The first-order valence-electron chi connectivity index (χ1n) is 9.68. The van der Waals surface area contributed by atoms with Gasteiger partial charge in [-0.25, -0.2) is 13.6 Å². The third-order valence-electron chi connectivity index (χ3n) is 5.33. The van der Waals surface area contributed by atoms with Crippen LogP contribution in [-0.2, 0) is 14.8 Å². The van der Waals surface area contributed by atoms with Crippen LogP contribution in [0, 0.1) is 6.92 Å². The maximum absolute atomic E-state index is 12.7. The van der Waals surface area contributed by atoms with Crippen LogP contribution >= 0.6 is 11.6 Å². The molecule has 0 unspecified atom stereocenters. The Morgan fingerprint density at radius 1 is 1.03 bits per heavy atom. The van der Waals surface area contributed by atoms with Crippen LogP contribution in [0.4, 0.5) is 5.69 Å². The predicted octanol–water partition coefficient (Wildman–Crippen LogP) is 4.61. The average molecular weight is 457 g/mol. The number of primary sulfonamides is 1. The van der Waals surface area contributed by atoms with Crippen LogP contribution in [0.5, 0.6) is 11.5 Å². The molecule has 8 heteroatoms. The van der Waals surface area contributed by atoms with E-state index in [-0.39, 0.29) is 16.7 Å². The Kier molecular flexibility index (Phi) is 5.75. The van der Waals surface area contributed by atoms with Crippen LogP contribution in [0.15, 0.2) is 71.6 Å². The fraction of sp³-hybridized carbons (Fsp3) is 0.174. The summed E-state index contributed by atoms with van der Waals surface area (Å²) in [6.07, 6.45) is 0.308. The topological polar surface area (TPSA) is 89.7 Å². The highest BCUT2D eigenvalue weighted by Gasteiger charge is 2.33. The van der Waals surface area contributed by atoms with Crippen LogP contribution in [0.3, 0.4) is 0 Å². The first-order valence-corrected chi connectivity index (χ1v) is 11.6. The summed E-state index contributed by atoms with van der Waals surface area (Å²) in [5, 5.41) is 5.70. The van der Waals surface area contributed by atoms with Crippen molar-refractivity contribution in [1.29, 1.82) is 0 Å². The molecule has 2 N–H and O–H groups in total. The average Bonchev–Trinajstić information content (AvgIpc) is 3.11. The lowest BCUT2D eigenvalue weighted by atomic mass is 9.97. The Morgan fingerprint density at radius 2 is 1.74 bits per heavy atom. The number of carbonyl (C=O) groups excluding carboxylic acids is 1. The van der Waals surface area contributed by atoms with Gasteiger partial charge >= 0.3 is 0 Å². The van der Waals surface area contributed by atoms with Gasteiger partial charge in [-0.3, -0.25) is 4.79 Å². The summed E-state index contributed by atoms with van der Waals surface area (Å²) in [6, 6.07) is 19.1. The molecular weight excluding hydrogens is 436 g/mol. The fourth-order valence-corrected chi connectivity index (χ4v) is 4.38. The van der Waals surface area contributed by atoms with Crippen molar-refractivity contribution in [2.24, 2.45) is 5.14 Å². The standard InChI is InChI=1S/C23H21ClN2O4S/c1-15-4-2-3-5-21(15)30-22-13-17(24)6-11-20(22)16-12-23(27)26(14-16)18-7-9-19(10-8-18)31(25,28)29/h2-11,13,16H,12,14H2,1H3,(H2,25,28,29)/t16-/m0/s1. The van der Waals surface area contributed by atoms with Crippen LogP contribution in [0.2, 0.25) is 5.02 Å². The number of rotatable bonds is 5. The van der Waals surface area contributed by atoms with Gasteiger partial charge in [-0.05, 0) is 55.0 Å². The lowest BCUT2D eigenvalue weighted by Crippen LogP contribution is -2.24. The molecule has 160 valence electrons. The molecule has 0 spiro atoms. The van der Waals surface area contributed by atoms with E-state index in [9.17, 15) is 13.2 Å². The largest absolute Gasteiger partial charge is 0.457 e. The van der Waals surface area contributed by atoms with Crippen LogP contribution < -0.4 is 14.8 Å². The molecule has 0 saturated carbocycles. The van der Waals surface area contributed by atoms with E-state index in [2.05, 4.69) is 0 Å². The minimum Gasteiger partial charge on any atom is -0.457 e. The molecule has 1 saturated heterocycles. The van der Waals surface area contributed by atoms with Crippen molar-refractivity contribution in [3.05, 3.63) is 82.9 Å². The molecule has 3 aromatic carbocycles. The van der Waals surface area contributed by atoms with Gasteiger partial charge in [-0.2, -0.15) is 0 Å². The van der Waals surface area contributed by atoms with E-state index < -0.39 is 10.0 Å².